The van der Waals surface area contributed by atoms with Crippen LogP contribution in [0.1, 0.15) is 11.6 Å². The van der Waals surface area contributed by atoms with Gasteiger partial charge in [0.15, 0.2) is 4.67 Å². The predicted octanol–water partition coefficient (Wildman–Crippen LogP) is 3.20. The predicted molar refractivity (Wildman–Crippen MR) is 85.5 cm³/mol. The number of fused-ring (bicyclic) bond motifs is 1. The molecule has 0 fully saturated rings. The maximum absolute atomic E-state index is 5.99. The van der Waals surface area contributed by atoms with Crippen molar-refractivity contribution in [2.45, 2.75) is 13.1 Å². The summed E-state index contributed by atoms with van der Waals surface area (Å²) in [5, 5.41) is 0.888. The molecule has 3 aromatic rings. The number of hydrogen-bond donors (Lipinski definition) is 1. The molecule has 0 aliphatic heterocycles. The lowest BCUT2D eigenvalue weighted by Gasteiger charge is -2.14. The van der Waals surface area contributed by atoms with Crippen LogP contribution in [-0.2, 0) is 13.1 Å². The first-order valence-corrected chi connectivity index (χ1v) is 7.35. The molecular formula is C15H15BrN4O. The Morgan fingerprint density at radius 3 is 2.71 bits per heavy atom. The highest BCUT2D eigenvalue weighted by atomic mass is 79.9. The summed E-state index contributed by atoms with van der Waals surface area (Å²) in [7, 11) is 1.99. The van der Waals surface area contributed by atoms with Gasteiger partial charge in [0, 0.05) is 5.39 Å². The molecular weight excluding hydrogens is 332 g/mol. The van der Waals surface area contributed by atoms with Gasteiger partial charge < -0.3 is 10.2 Å². The van der Waals surface area contributed by atoms with Crippen molar-refractivity contribution in [2.75, 3.05) is 12.8 Å². The molecule has 2 heterocycles. The molecule has 21 heavy (non-hydrogen) atoms. The second-order valence-electron chi connectivity index (χ2n) is 4.92. The highest BCUT2D eigenvalue weighted by Gasteiger charge is 2.09. The Morgan fingerprint density at radius 2 is 1.95 bits per heavy atom. The molecule has 5 nitrogen and oxygen atoms in total. The van der Waals surface area contributed by atoms with E-state index in [2.05, 4.69) is 30.8 Å². The summed E-state index contributed by atoms with van der Waals surface area (Å²) in [4.78, 5) is 11.0. The number of halogens is 1. The highest BCUT2D eigenvalue weighted by Crippen LogP contribution is 2.19. The average molecular weight is 347 g/mol. The van der Waals surface area contributed by atoms with Crippen molar-refractivity contribution in [3.63, 3.8) is 0 Å². The van der Waals surface area contributed by atoms with Crippen LogP contribution in [0.25, 0.3) is 10.9 Å². The maximum atomic E-state index is 5.99. The largest absolute Gasteiger partial charge is 0.453 e. The van der Waals surface area contributed by atoms with E-state index in [9.17, 15) is 0 Å². The zero-order valence-electron chi connectivity index (χ0n) is 11.6. The number of furan rings is 1. The Hall–Kier alpha value is -1.92. The van der Waals surface area contributed by atoms with Crippen LogP contribution in [0.4, 0.5) is 5.82 Å². The first-order valence-electron chi connectivity index (χ1n) is 6.56. The number of hydrogen-bond acceptors (Lipinski definition) is 5. The van der Waals surface area contributed by atoms with E-state index >= 15 is 0 Å². The second kappa shape index (κ2) is 5.83. The smallest absolute Gasteiger partial charge is 0.169 e. The lowest BCUT2D eigenvalue weighted by molar-refractivity contribution is 0.279. The van der Waals surface area contributed by atoms with E-state index in [0.29, 0.717) is 24.7 Å². The lowest BCUT2D eigenvalue weighted by atomic mass is 10.2. The van der Waals surface area contributed by atoms with Gasteiger partial charge in [0.1, 0.15) is 17.4 Å². The van der Waals surface area contributed by atoms with Gasteiger partial charge in [-0.2, -0.15) is 0 Å². The summed E-state index contributed by atoms with van der Waals surface area (Å²) in [6.45, 7) is 1.29. The Morgan fingerprint density at radius 1 is 1.14 bits per heavy atom. The molecule has 0 bridgehead atoms. The van der Waals surface area contributed by atoms with Gasteiger partial charge in [0.2, 0.25) is 0 Å². The number of anilines is 1. The van der Waals surface area contributed by atoms with Crippen LogP contribution in [0, 0.1) is 0 Å². The van der Waals surface area contributed by atoms with Crippen molar-refractivity contribution in [1.29, 1.82) is 0 Å². The summed E-state index contributed by atoms with van der Waals surface area (Å²) in [6, 6.07) is 11.6. The third kappa shape index (κ3) is 3.22. The molecule has 108 valence electrons. The topological polar surface area (TPSA) is 68.2 Å². The number of benzene rings is 1. The van der Waals surface area contributed by atoms with Gasteiger partial charge in [0.05, 0.1) is 18.6 Å². The van der Waals surface area contributed by atoms with E-state index in [-0.39, 0.29) is 0 Å². The van der Waals surface area contributed by atoms with Gasteiger partial charge >= 0.3 is 0 Å². The van der Waals surface area contributed by atoms with Crippen LogP contribution in [0.3, 0.4) is 0 Å². The van der Waals surface area contributed by atoms with Crippen molar-refractivity contribution in [3.05, 3.63) is 52.7 Å². The van der Waals surface area contributed by atoms with Gasteiger partial charge in [-0.3, -0.25) is 4.90 Å². The molecule has 0 saturated heterocycles. The molecule has 0 saturated carbocycles. The SMILES string of the molecule is CN(Cc1nc(N)c2ccccc2n1)Cc1ccc(Br)o1. The highest BCUT2D eigenvalue weighted by molar-refractivity contribution is 9.10. The van der Waals surface area contributed by atoms with Gasteiger partial charge in [-0.15, -0.1) is 0 Å². The van der Waals surface area contributed by atoms with Gasteiger partial charge in [-0.1, -0.05) is 12.1 Å². The molecule has 6 heteroatoms. The van der Waals surface area contributed by atoms with E-state index in [0.717, 1.165) is 21.3 Å². The van der Waals surface area contributed by atoms with E-state index < -0.39 is 0 Å². The third-order valence-electron chi connectivity index (χ3n) is 3.14. The Labute approximate surface area is 130 Å². The molecule has 0 unspecified atom stereocenters. The molecule has 0 aliphatic carbocycles. The Balaban J connectivity index is 1.78. The fourth-order valence-electron chi connectivity index (χ4n) is 2.22. The zero-order valence-corrected chi connectivity index (χ0v) is 13.2. The summed E-state index contributed by atoms with van der Waals surface area (Å²) in [6.07, 6.45) is 0. The summed E-state index contributed by atoms with van der Waals surface area (Å²) >= 11 is 3.30. The standard InChI is InChI=1S/C15H15BrN4O/c1-20(8-10-6-7-13(16)21-10)9-14-18-12-5-3-2-4-11(12)15(17)19-14/h2-7H,8-9H2,1H3,(H2,17,18,19). The second-order valence-corrected chi connectivity index (χ2v) is 5.70. The molecule has 1 aromatic carbocycles. The van der Waals surface area contributed by atoms with E-state index in [1.807, 2.05) is 43.4 Å². The number of nitrogens with zero attached hydrogens (tertiary/aromatic N) is 3. The first kappa shape index (κ1) is 14.0. The average Bonchev–Trinajstić information content (AvgIpc) is 2.84. The van der Waals surface area contributed by atoms with E-state index in [1.165, 1.54) is 0 Å². The third-order valence-corrected chi connectivity index (χ3v) is 3.57. The van der Waals surface area contributed by atoms with Crippen LogP contribution < -0.4 is 5.73 Å². The van der Waals surface area contributed by atoms with Crippen LogP contribution in [0.5, 0.6) is 0 Å². The van der Waals surface area contributed by atoms with Crippen molar-refractivity contribution in [2.24, 2.45) is 0 Å². The molecule has 0 radical (unpaired) electrons. The van der Waals surface area contributed by atoms with Gasteiger partial charge in [-0.25, -0.2) is 9.97 Å². The van der Waals surface area contributed by atoms with Crippen LogP contribution in [0.15, 0.2) is 45.5 Å². The number of aromatic nitrogens is 2. The van der Waals surface area contributed by atoms with Crippen LogP contribution in [0.2, 0.25) is 0 Å². The minimum Gasteiger partial charge on any atom is -0.453 e. The monoisotopic (exact) mass is 346 g/mol. The first-order chi connectivity index (χ1) is 10.1. The lowest BCUT2D eigenvalue weighted by Crippen LogP contribution is -2.19. The number of rotatable bonds is 4. The van der Waals surface area contributed by atoms with Crippen LogP contribution in [-0.4, -0.2) is 21.9 Å². The number of nitrogen functional groups attached to an aromatic ring is 1. The zero-order chi connectivity index (χ0) is 14.8. The van der Waals surface area contributed by atoms with Crippen molar-refractivity contribution in [1.82, 2.24) is 14.9 Å². The molecule has 0 spiro atoms. The number of nitrogens with two attached hydrogens (primary N) is 1. The molecule has 2 aromatic heterocycles. The molecule has 0 atom stereocenters. The van der Waals surface area contributed by atoms with Gasteiger partial charge in [-0.05, 0) is 47.2 Å². The minimum atomic E-state index is 0.518. The van der Waals surface area contributed by atoms with Crippen molar-refractivity contribution >= 4 is 32.7 Å². The Kier molecular flexibility index (Phi) is 3.90. The quantitative estimate of drug-likeness (QED) is 0.785. The fraction of sp³-hybridized carbons (Fsp3) is 0.200. The molecule has 2 N–H and O–H groups in total. The summed E-state index contributed by atoms with van der Waals surface area (Å²) in [5.41, 5.74) is 6.86. The van der Waals surface area contributed by atoms with Gasteiger partial charge in [0.25, 0.3) is 0 Å². The van der Waals surface area contributed by atoms with E-state index in [4.69, 9.17) is 10.2 Å². The molecule has 3 rings (SSSR count). The summed E-state index contributed by atoms with van der Waals surface area (Å²) < 4.78 is 6.23. The normalized spacial score (nSPS) is 11.4. The minimum absolute atomic E-state index is 0.518. The molecule has 0 aliphatic rings. The van der Waals surface area contributed by atoms with Crippen LogP contribution >= 0.6 is 15.9 Å². The van der Waals surface area contributed by atoms with Crippen molar-refractivity contribution in [3.8, 4) is 0 Å². The van der Waals surface area contributed by atoms with E-state index in [1.54, 1.807) is 0 Å². The maximum Gasteiger partial charge on any atom is 0.169 e. The van der Waals surface area contributed by atoms with Crippen molar-refractivity contribution < 1.29 is 4.42 Å². The fourth-order valence-corrected chi connectivity index (χ4v) is 2.56. The Bertz CT molecular complexity index is 771. The number of para-hydroxylation sites is 1. The molecule has 0 amide bonds. The summed E-state index contributed by atoms with van der Waals surface area (Å²) in [5.74, 6) is 2.11.